The minimum Gasteiger partial charge on any atom is -0.493 e. The van der Waals surface area contributed by atoms with Crippen LogP contribution >= 0.6 is 11.6 Å². The molecule has 8 nitrogen and oxygen atoms in total. The molecule has 148 valence electrons. The van der Waals surface area contributed by atoms with Crippen molar-refractivity contribution in [1.82, 2.24) is 14.6 Å². The molecule has 0 unspecified atom stereocenters. The molecular formula is C17H22ClN3O5S. The van der Waals surface area contributed by atoms with Crippen molar-refractivity contribution in [3.8, 4) is 11.5 Å². The molecule has 0 aliphatic rings. The number of rotatable bonds is 8. The van der Waals surface area contributed by atoms with E-state index >= 15 is 0 Å². The number of aryl methyl sites for hydroxylation is 1. The highest BCUT2D eigenvalue weighted by Gasteiger charge is 2.19. The summed E-state index contributed by atoms with van der Waals surface area (Å²) in [6.45, 7) is 2.46. The summed E-state index contributed by atoms with van der Waals surface area (Å²) in [6, 6.07) is 4.71. The third kappa shape index (κ3) is 4.74. The summed E-state index contributed by atoms with van der Waals surface area (Å²) in [5.74, 6) is 0.495. The Hall–Kier alpha value is -2.23. The van der Waals surface area contributed by atoms with Crippen LogP contribution in [0, 0.1) is 0 Å². The monoisotopic (exact) mass is 415 g/mol. The van der Waals surface area contributed by atoms with Gasteiger partial charge in [0.05, 0.1) is 18.7 Å². The van der Waals surface area contributed by atoms with Crippen molar-refractivity contribution >= 4 is 27.5 Å². The van der Waals surface area contributed by atoms with Crippen molar-refractivity contribution in [2.24, 2.45) is 7.05 Å². The first-order valence-electron chi connectivity index (χ1n) is 8.10. The van der Waals surface area contributed by atoms with Crippen molar-refractivity contribution in [3.63, 3.8) is 0 Å². The standard InChI is InChI=1S/C17H22ClN3O5S/c1-5-26-16-13(18)6-11(7-15(16)25-4)9-20-17(22)14-8-12(10-21(14)3)27(23,24)19-2/h6-8,10,19H,5,9H2,1-4H3,(H,20,22). The minimum absolute atomic E-state index is 0.0171. The van der Waals surface area contributed by atoms with Crippen LogP contribution in [0.3, 0.4) is 0 Å². The summed E-state index contributed by atoms with van der Waals surface area (Å²) >= 11 is 6.22. The van der Waals surface area contributed by atoms with E-state index in [0.29, 0.717) is 28.7 Å². The topological polar surface area (TPSA) is 98.7 Å². The lowest BCUT2D eigenvalue weighted by Crippen LogP contribution is -2.24. The average Bonchev–Trinajstić information content (AvgIpc) is 3.04. The van der Waals surface area contributed by atoms with E-state index in [1.807, 2.05) is 6.92 Å². The van der Waals surface area contributed by atoms with Gasteiger partial charge in [-0.1, -0.05) is 11.6 Å². The molecule has 0 bridgehead atoms. The number of ether oxygens (including phenoxy) is 2. The fraction of sp³-hybridized carbons (Fsp3) is 0.353. The molecule has 0 atom stereocenters. The van der Waals surface area contributed by atoms with E-state index in [-0.39, 0.29) is 17.1 Å². The van der Waals surface area contributed by atoms with Gasteiger partial charge in [0.1, 0.15) is 10.6 Å². The number of aromatic nitrogens is 1. The minimum atomic E-state index is -3.62. The fourth-order valence-electron chi connectivity index (χ4n) is 2.46. The molecule has 2 rings (SSSR count). The first-order valence-corrected chi connectivity index (χ1v) is 9.96. The molecule has 1 heterocycles. The molecule has 10 heteroatoms. The molecule has 1 aromatic heterocycles. The van der Waals surface area contributed by atoms with Gasteiger partial charge in [-0.3, -0.25) is 4.79 Å². The molecule has 0 fully saturated rings. The van der Waals surface area contributed by atoms with Crippen LogP contribution < -0.4 is 19.5 Å². The van der Waals surface area contributed by atoms with E-state index in [1.54, 1.807) is 19.2 Å². The van der Waals surface area contributed by atoms with E-state index in [2.05, 4.69) is 10.0 Å². The van der Waals surface area contributed by atoms with Gasteiger partial charge in [-0.2, -0.15) is 0 Å². The molecule has 1 amide bonds. The lowest BCUT2D eigenvalue weighted by atomic mass is 10.2. The summed E-state index contributed by atoms with van der Waals surface area (Å²) in [7, 11) is 0.788. The highest BCUT2D eigenvalue weighted by atomic mass is 35.5. The second-order valence-corrected chi connectivity index (χ2v) is 7.90. The summed E-state index contributed by atoms with van der Waals surface area (Å²) in [5.41, 5.74) is 0.929. The Balaban J connectivity index is 2.18. The van der Waals surface area contributed by atoms with Crippen molar-refractivity contribution < 1.29 is 22.7 Å². The van der Waals surface area contributed by atoms with Gasteiger partial charge >= 0.3 is 0 Å². The zero-order valence-electron chi connectivity index (χ0n) is 15.5. The van der Waals surface area contributed by atoms with Crippen LogP contribution in [-0.4, -0.2) is 39.7 Å². The van der Waals surface area contributed by atoms with Crippen LogP contribution in [0.2, 0.25) is 5.02 Å². The number of nitrogens with one attached hydrogen (secondary N) is 2. The van der Waals surface area contributed by atoms with Crippen molar-refractivity contribution in [1.29, 1.82) is 0 Å². The summed E-state index contributed by atoms with van der Waals surface area (Å²) in [5, 5.41) is 3.12. The van der Waals surface area contributed by atoms with Gasteiger partial charge in [-0.05, 0) is 37.7 Å². The van der Waals surface area contributed by atoms with Crippen molar-refractivity contribution in [2.75, 3.05) is 20.8 Å². The van der Waals surface area contributed by atoms with Gasteiger partial charge in [0.15, 0.2) is 11.5 Å². The van der Waals surface area contributed by atoms with E-state index in [4.69, 9.17) is 21.1 Å². The zero-order valence-corrected chi connectivity index (χ0v) is 17.1. The maximum atomic E-state index is 12.4. The largest absolute Gasteiger partial charge is 0.493 e. The Kier molecular flexibility index (Phi) is 6.74. The molecular weight excluding hydrogens is 394 g/mol. The lowest BCUT2D eigenvalue weighted by molar-refractivity contribution is 0.0942. The number of nitrogens with zero attached hydrogens (tertiary/aromatic N) is 1. The van der Waals surface area contributed by atoms with E-state index in [1.165, 1.54) is 31.0 Å². The van der Waals surface area contributed by atoms with Crippen LogP contribution in [0.4, 0.5) is 0 Å². The van der Waals surface area contributed by atoms with Crippen LogP contribution in [-0.2, 0) is 23.6 Å². The predicted octanol–water partition coefficient (Wildman–Crippen LogP) is 1.92. The van der Waals surface area contributed by atoms with E-state index in [0.717, 1.165) is 0 Å². The molecule has 0 spiro atoms. The van der Waals surface area contributed by atoms with Crippen molar-refractivity contribution in [3.05, 3.63) is 40.7 Å². The quantitative estimate of drug-likeness (QED) is 0.686. The Morgan fingerprint density at radius 3 is 2.59 bits per heavy atom. The first kappa shape index (κ1) is 21.1. The molecule has 0 aliphatic heterocycles. The highest BCUT2D eigenvalue weighted by Crippen LogP contribution is 2.36. The van der Waals surface area contributed by atoms with Gasteiger partial charge in [-0.25, -0.2) is 13.1 Å². The molecule has 2 aromatic rings. The molecule has 27 heavy (non-hydrogen) atoms. The second kappa shape index (κ2) is 8.64. The number of benzene rings is 1. The maximum absolute atomic E-state index is 12.4. The summed E-state index contributed by atoms with van der Waals surface area (Å²) < 4.78 is 38.1. The summed E-state index contributed by atoms with van der Waals surface area (Å²) in [4.78, 5) is 12.5. The lowest BCUT2D eigenvalue weighted by Gasteiger charge is -2.13. The molecule has 0 radical (unpaired) electrons. The van der Waals surface area contributed by atoms with Gasteiger partial charge in [0, 0.05) is 19.8 Å². The fourth-order valence-corrected chi connectivity index (χ4v) is 3.54. The van der Waals surface area contributed by atoms with Gasteiger partial charge < -0.3 is 19.4 Å². The molecule has 1 aromatic carbocycles. The SMILES string of the molecule is CCOc1c(Cl)cc(CNC(=O)c2cc(S(=O)(=O)NC)cn2C)cc1OC. The molecule has 0 aliphatic carbocycles. The third-order valence-corrected chi connectivity index (χ3v) is 5.48. The number of hydrogen-bond acceptors (Lipinski definition) is 5. The number of sulfonamides is 1. The van der Waals surface area contributed by atoms with Crippen LogP contribution in [0.25, 0.3) is 0 Å². The Labute approximate surface area is 163 Å². The molecule has 0 saturated carbocycles. The predicted molar refractivity (Wildman–Crippen MR) is 102 cm³/mol. The summed E-state index contributed by atoms with van der Waals surface area (Å²) in [6.07, 6.45) is 1.37. The number of methoxy groups -OCH3 is 1. The molecule has 0 saturated heterocycles. The number of hydrogen-bond donors (Lipinski definition) is 2. The van der Waals surface area contributed by atoms with Gasteiger partial charge in [0.25, 0.3) is 5.91 Å². The maximum Gasteiger partial charge on any atom is 0.268 e. The smallest absolute Gasteiger partial charge is 0.268 e. The van der Waals surface area contributed by atoms with Crippen molar-refractivity contribution in [2.45, 2.75) is 18.4 Å². The van der Waals surface area contributed by atoms with Gasteiger partial charge in [0.2, 0.25) is 10.0 Å². The van der Waals surface area contributed by atoms with Crippen LogP contribution in [0.5, 0.6) is 11.5 Å². The van der Waals surface area contributed by atoms with Crippen LogP contribution in [0.15, 0.2) is 29.3 Å². The second-order valence-electron chi connectivity index (χ2n) is 5.60. The van der Waals surface area contributed by atoms with Crippen LogP contribution in [0.1, 0.15) is 23.0 Å². The number of carbonyl (C=O) groups excluding carboxylic acids is 1. The number of amides is 1. The Morgan fingerprint density at radius 1 is 1.30 bits per heavy atom. The first-order chi connectivity index (χ1) is 12.7. The van der Waals surface area contributed by atoms with E-state index < -0.39 is 15.9 Å². The van der Waals surface area contributed by atoms with Gasteiger partial charge in [-0.15, -0.1) is 0 Å². The third-order valence-electron chi connectivity index (χ3n) is 3.82. The number of carbonyl (C=O) groups is 1. The number of halogens is 1. The molecule has 2 N–H and O–H groups in total. The zero-order chi connectivity index (χ0) is 20.2. The van der Waals surface area contributed by atoms with E-state index in [9.17, 15) is 13.2 Å². The normalized spacial score (nSPS) is 11.3. The highest BCUT2D eigenvalue weighted by molar-refractivity contribution is 7.89. The Bertz CT molecular complexity index is 940. The Morgan fingerprint density at radius 2 is 2.00 bits per heavy atom. The average molecular weight is 416 g/mol.